The van der Waals surface area contributed by atoms with Gasteiger partial charge in [0.15, 0.2) is 40.7 Å². The van der Waals surface area contributed by atoms with Crippen LogP contribution in [0.25, 0.3) is 11.2 Å². The first kappa shape index (κ1) is 33.9. The highest BCUT2D eigenvalue weighted by atomic mass is 35.5. The molecule has 3 atom stereocenters. The van der Waals surface area contributed by atoms with E-state index in [2.05, 4.69) is 26.2 Å². The number of carbonyl (C=O) groups excluding carboxylic acids is 3. The standard InChI is InChI=1S/C30H34ClN5O11/c1-5-30(14-43-25(39)17-9-7-6-8-10-17)19(37)11-20(46-30)36-15-32-22-23(33-26(31)35-24(22)36)34-27(40)47-29(3,4)12-21(38)42-13-18-16(2)44-28(41)45-18/h1,15,17,19-20,37H,6-14H2,2-4H3,(H,33,34,35,40)/t19-,20+,30+/m0/s1. The van der Waals surface area contributed by atoms with E-state index in [1.54, 1.807) is 0 Å². The Labute approximate surface area is 273 Å². The van der Waals surface area contributed by atoms with Crippen LogP contribution in [0, 0.1) is 25.2 Å². The molecule has 1 aliphatic heterocycles. The number of rotatable bonds is 10. The molecule has 0 radical (unpaired) electrons. The normalized spacial score (nSPS) is 21.7. The van der Waals surface area contributed by atoms with E-state index in [4.69, 9.17) is 45.8 Å². The molecule has 2 N–H and O–H groups in total. The van der Waals surface area contributed by atoms with E-state index in [0.29, 0.717) is 0 Å². The van der Waals surface area contributed by atoms with E-state index in [0.717, 1.165) is 32.1 Å². The molecule has 0 unspecified atom stereocenters. The molecule has 1 aliphatic carbocycles. The van der Waals surface area contributed by atoms with Crippen molar-refractivity contribution in [1.29, 1.82) is 0 Å². The van der Waals surface area contributed by atoms with Gasteiger partial charge in [0.1, 0.15) is 24.5 Å². The summed E-state index contributed by atoms with van der Waals surface area (Å²) in [5.74, 6) is 0.372. The molecule has 1 saturated carbocycles. The number of nitrogens with one attached hydrogen (secondary N) is 1. The van der Waals surface area contributed by atoms with Crippen molar-refractivity contribution in [3.63, 3.8) is 0 Å². The van der Waals surface area contributed by atoms with E-state index in [-0.39, 0.29) is 71.7 Å². The summed E-state index contributed by atoms with van der Waals surface area (Å²) in [7, 11) is 0. The van der Waals surface area contributed by atoms with E-state index in [1.807, 2.05) is 0 Å². The molecule has 3 aromatic heterocycles. The van der Waals surface area contributed by atoms with E-state index in [9.17, 15) is 24.3 Å². The number of hydrogen-bond donors (Lipinski definition) is 2. The van der Waals surface area contributed by atoms with Crippen LogP contribution >= 0.6 is 11.6 Å². The predicted molar refractivity (Wildman–Crippen MR) is 161 cm³/mol. The lowest BCUT2D eigenvalue weighted by atomic mass is 9.89. The fraction of sp³-hybridized carbons (Fsp3) is 0.567. The number of amides is 1. The molecule has 1 saturated heterocycles. The van der Waals surface area contributed by atoms with Gasteiger partial charge in [-0.2, -0.15) is 9.97 Å². The van der Waals surface area contributed by atoms with Gasteiger partial charge in [-0.3, -0.25) is 19.5 Å². The molecule has 16 nitrogen and oxygen atoms in total. The van der Waals surface area contributed by atoms with Gasteiger partial charge in [-0.05, 0) is 45.2 Å². The minimum absolute atomic E-state index is 0.0136. The Balaban J connectivity index is 1.23. The fourth-order valence-corrected chi connectivity index (χ4v) is 5.67. The first-order chi connectivity index (χ1) is 22.3. The number of hydrogen-bond acceptors (Lipinski definition) is 14. The monoisotopic (exact) mass is 675 g/mol. The van der Waals surface area contributed by atoms with Crippen molar-refractivity contribution in [3.8, 4) is 12.3 Å². The summed E-state index contributed by atoms with van der Waals surface area (Å²) in [5, 5.41) is 13.1. The summed E-state index contributed by atoms with van der Waals surface area (Å²) < 4.78 is 33.1. The molecule has 5 rings (SSSR count). The van der Waals surface area contributed by atoms with Crippen LogP contribution in [0.2, 0.25) is 5.28 Å². The highest BCUT2D eigenvalue weighted by Crippen LogP contribution is 2.39. The summed E-state index contributed by atoms with van der Waals surface area (Å²) in [5.41, 5.74) is -2.69. The number of esters is 2. The summed E-state index contributed by atoms with van der Waals surface area (Å²) in [4.78, 5) is 61.6. The van der Waals surface area contributed by atoms with Crippen molar-refractivity contribution in [1.82, 2.24) is 19.5 Å². The van der Waals surface area contributed by atoms with Crippen molar-refractivity contribution in [3.05, 3.63) is 33.7 Å². The zero-order valence-corrected chi connectivity index (χ0v) is 26.7. The Hall–Kier alpha value is -4.46. The lowest BCUT2D eigenvalue weighted by Gasteiger charge is -2.28. The Morgan fingerprint density at radius 3 is 2.64 bits per heavy atom. The van der Waals surface area contributed by atoms with Gasteiger partial charge in [0.25, 0.3) is 0 Å². The zero-order valence-electron chi connectivity index (χ0n) is 25.9. The van der Waals surface area contributed by atoms with Crippen molar-refractivity contribution in [2.75, 3.05) is 11.9 Å². The van der Waals surface area contributed by atoms with Gasteiger partial charge in [0.2, 0.25) is 5.28 Å². The molecular formula is C30H34ClN5O11. The van der Waals surface area contributed by atoms with Crippen LogP contribution in [0.3, 0.4) is 0 Å². The molecule has 17 heteroatoms. The maximum Gasteiger partial charge on any atom is 0.519 e. The van der Waals surface area contributed by atoms with Crippen LogP contribution in [0.4, 0.5) is 10.6 Å². The fourth-order valence-electron chi connectivity index (χ4n) is 5.51. The summed E-state index contributed by atoms with van der Waals surface area (Å²) in [6.45, 7) is 3.79. The maximum absolute atomic E-state index is 12.9. The van der Waals surface area contributed by atoms with Crippen LogP contribution in [0.5, 0.6) is 0 Å². The predicted octanol–water partition coefficient (Wildman–Crippen LogP) is 3.57. The first-order valence-electron chi connectivity index (χ1n) is 14.9. The smallest absolute Gasteiger partial charge is 0.461 e. The second kappa shape index (κ2) is 13.7. The molecule has 0 aromatic carbocycles. The SMILES string of the molecule is C#C[C@]1(COC(=O)C2CCCCC2)O[C@@H](n2cnc3c(NC(=O)OC(C)(C)CC(=O)OCc4oc(=O)oc4C)nc(Cl)nc32)C[C@@H]1O. The van der Waals surface area contributed by atoms with E-state index < -0.39 is 41.4 Å². The Bertz CT molecular complexity index is 1750. The highest BCUT2D eigenvalue weighted by Gasteiger charge is 2.49. The number of aliphatic hydroxyl groups is 1. The third-order valence-corrected chi connectivity index (χ3v) is 8.15. The molecule has 0 bridgehead atoms. The molecular weight excluding hydrogens is 642 g/mol. The van der Waals surface area contributed by atoms with Crippen molar-refractivity contribution in [2.45, 2.75) is 95.9 Å². The molecule has 3 aromatic rings. The zero-order chi connectivity index (χ0) is 33.9. The van der Waals surface area contributed by atoms with Crippen LogP contribution in [-0.4, -0.2) is 66.6 Å². The van der Waals surface area contributed by atoms with E-state index >= 15 is 0 Å². The highest BCUT2D eigenvalue weighted by molar-refractivity contribution is 6.28. The largest absolute Gasteiger partial charge is 0.519 e. The minimum atomic E-state index is -1.61. The molecule has 2 fully saturated rings. The number of terminal acetylenes is 1. The molecule has 47 heavy (non-hydrogen) atoms. The number of carbonyl (C=O) groups is 3. The van der Waals surface area contributed by atoms with Crippen LogP contribution < -0.4 is 11.1 Å². The number of imidazole rings is 1. The average Bonchev–Trinajstić information content (AvgIpc) is 3.68. The van der Waals surface area contributed by atoms with Crippen LogP contribution in [-0.2, 0) is 35.1 Å². The van der Waals surface area contributed by atoms with Crippen LogP contribution in [0.15, 0.2) is 20.0 Å². The summed E-state index contributed by atoms with van der Waals surface area (Å²) in [6.07, 6.45) is 8.24. The minimum Gasteiger partial charge on any atom is -0.461 e. The number of halogens is 1. The van der Waals surface area contributed by atoms with Gasteiger partial charge in [-0.1, -0.05) is 25.2 Å². The number of ether oxygens (including phenoxy) is 4. The lowest BCUT2D eigenvalue weighted by Crippen LogP contribution is -2.43. The molecule has 1 amide bonds. The number of anilines is 1. The number of aromatic nitrogens is 4. The number of nitrogens with zero attached hydrogens (tertiary/aromatic N) is 4. The molecule has 2 aliphatic rings. The average molecular weight is 676 g/mol. The molecule has 252 valence electrons. The van der Waals surface area contributed by atoms with E-state index in [1.165, 1.54) is 31.7 Å². The van der Waals surface area contributed by atoms with Crippen molar-refractivity contribution in [2.24, 2.45) is 5.92 Å². The molecule has 4 heterocycles. The number of aliphatic hydroxyl groups excluding tert-OH is 1. The van der Waals surface area contributed by atoms with Gasteiger partial charge in [0, 0.05) is 6.42 Å². The van der Waals surface area contributed by atoms with Crippen molar-refractivity contribution >= 4 is 46.6 Å². The third-order valence-electron chi connectivity index (χ3n) is 7.98. The van der Waals surface area contributed by atoms with Gasteiger partial charge in [0.05, 0.1) is 18.7 Å². The number of aryl methyl sites for hydroxylation is 1. The summed E-state index contributed by atoms with van der Waals surface area (Å²) >= 11 is 6.18. The maximum atomic E-state index is 12.9. The topological polar surface area (TPSA) is 207 Å². The lowest BCUT2D eigenvalue weighted by molar-refractivity contribution is -0.161. The second-order valence-electron chi connectivity index (χ2n) is 12.0. The summed E-state index contributed by atoms with van der Waals surface area (Å²) in [6, 6.07) is 0. The van der Waals surface area contributed by atoms with Crippen LogP contribution in [0.1, 0.15) is 76.5 Å². The van der Waals surface area contributed by atoms with Gasteiger partial charge in [-0.25, -0.2) is 14.6 Å². The van der Waals surface area contributed by atoms with Gasteiger partial charge >= 0.3 is 23.9 Å². The second-order valence-corrected chi connectivity index (χ2v) is 12.3. The Morgan fingerprint density at radius 1 is 1.21 bits per heavy atom. The van der Waals surface area contributed by atoms with Crippen molar-refractivity contribution < 1.29 is 47.3 Å². The van der Waals surface area contributed by atoms with Gasteiger partial charge in [-0.15, -0.1) is 6.42 Å². The Kier molecular flexibility index (Phi) is 9.89. The number of fused-ring (bicyclic) bond motifs is 1. The quantitative estimate of drug-likeness (QED) is 0.136. The Morgan fingerprint density at radius 2 is 1.96 bits per heavy atom. The molecule has 0 spiro atoms. The van der Waals surface area contributed by atoms with Gasteiger partial charge < -0.3 is 32.9 Å². The first-order valence-corrected chi connectivity index (χ1v) is 15.3. The third kappa shape index (κ3) is 7.75.